The molecule has 0 amide bonds. The molecule has 1 fully saturated rings. The lowest BCUT2D eigenvalue weighted by molar-refractivity contribution is -0.149. The van der Waals surface area contributed by atoms with Gasteiger partial charge in [-0.15, -0.1) is 0 Å². The summed E-state index contributed by atoms with van der Waals surface area (Å²) in [7, 11) is 0. The first kappa shape index (κ1) is 23.2. The third-order valence-electron chi connectivity index (χ3n) is 5.32. The number of ether oxygens (including phenoxy) is 2. The molecule has 3 unspecified atom stereocenters. The molecular weight excluding hydrogens is 513 g/mol. The number of hydrogen-bond donors (Lipinski definition) is 0. The third-order valence-corrected chi connectivity index (χ3v) is 6.31. The molecule has 0 aromatic heterocycles. The Kier molecular flexibility index (Phi) is 6.94. The minimum absolute atomic E-state index is 0.121. The van der Waals surface area contributed by atoms with E-state index in [1.807, 2.05) is 44.2 Å². The standard InChI is InChI=1S/C22H19BrCl3NO3/c1-21(2)17(11-22(24,25)26)19(21)20(28)30-18(12-27)13-4-3-5-16(10-13)29-15-8-6-14(23)7-9-15/h3-10,17-19H,11H2,1-2H3. The van der Waals surface area contributed by atoms with E-state index >= 15 is 0 Å². The summed E-state index contributed by atoms with van der Waals surface area (Å²) in [6, 6.07) is 16.3. The van der Waals surface area contributed by atoms with Crippen molar-refractivity contribution in [2.75, 3.05) is 0 Å². The lowest BCUT2D eigenvalue weighted by atomic mass is 10.1. The molecule has 8 heteroatoms. The first-order valence-electron chi connectivity index (χ1n) is 9.21. The van der Waals surface area contributed by atoms with Crippen molar-refractivity contribution in [2.24, 2.45) is 17.3 Å². The van der Waals surface area contributed by atoms with Crippen molar-refractivity contribution >= 4 is 56.7 Å². The number of rotatable bonds is 6. The average molecular weight is 532 g/mol. The Labute approximate surface area is 199 Å². The van der Waals surface area contributed by atoms with Crippen molar-refractivity contribution < 1.29 is 14.3 Å². The highest BCUT2D eigenvalue weighted by atomic mass is 79.9. The molecule has 0 heterocycles. The Balaban J connectivity index is 1.70. The molecule has 2 aromatic carbocycles. The molecule has 0 N–H and O–H groups in total. The maximum Gasteiger partial charge on any atom is 0.311 e. The van der Waals surface area contributed by atoms with E-state index in [0.29, 0.717) is 17.1 Å². The topological polar surface area (TPSA) is 59.3 Å². The Morgan fingerprint density at radius 2 is 1.87 bits per heavy atom. The molecule has 1 aliphatic carbocycles. The number of hydrogen-bond acceptors (Lipinski definition) is 4. The van der Waals surface area contributed by atoms with Gasteiger partial charge in [0.2, 0.25) is 6.10 Å². The fourth-order valence-electron chi connectivity index (χ4n) is 3.58. The summed E-state index contributed by atoms with van der Waals surface area (Å²) in [5.74, 6) is 0.169. The Bertz CT molecular complexity index is 967. The van der Waals surface area contributed by atoms with Crippen LogP contribution in [0.3, 0.4) is 0 Å². The summed E-state index contributed by atoms with van der Waals surface area (Å²) in [6.45, 7) is 3.85. The van der Waals surface area contributed by atoms with E-state index in [1.54, 1.807) is 24.3 Å². The second-order valence-electron chi connectivity index (χ2n) is 7.80. The first-order valence-corrected chi connectivity index (χ1v) is 11.1. The van der Waals surface area contributed by atoms with Gasteiger partial charge in [0.15, 0.2) is 3.79 Å². The molecule has 30 heavy (non-hydrogen) atoms. The molecule has 0 aliphatic heterocycles. The van der Waals surface area contributed by atoms with Gasteiger partial charge in [-0.2, -0.15) is 5.26 Å². The number of nitrogens with zero attached hydrogens (tertiary/aromatic N) is 1. The zero-order chi connectivity index (χ0) is 22.1. The number of alkyl halides is 3. The van der Waals surface area contributed by atoms with Crippen molar-refractivity contribution in [1.29, 1.82) is 5.26 Å². The van der Waals surface area contributed by atoms with Crippen molar-refractivity contribution in [3.8, 4) is 17.6 Å². The van der Waals surface area contributed by atoms with Crippen LogP contribution in [0.1, 0.15) is 31.9 Å². The first-order chi connectivity index (χ1) is 14.0. The van der Waals surface area contributed by atoms with E-state index in [2.05, 4.69) is 15.9 Å². The van der Waals surface area contributed by atoms with Gasteiger partial charge in [-0.3, -0.25) is 4.79 Å². The van der Waals surface area contributed by atoms with Crippen molar-refractivity contribution in [2.45, 2.75) is 30.2 Å². The number of carbonyl (C=O) groups excluding carboxylic acids is 1. The lowest BCUT2D eigenvalue weighted by Gasteiger charge is -2.14. The second kappa shape index (κ2) is 8.96. The van der Waals surface area contributed by atoms with Crippen LogP contribution in [-0.2, 0) is 9.53 Å². The lowest BCUT2D eigenvalue weighted by Crippen LogP contribution is -2.15. The van der Waals surface area contributed by atoms with E-state index in [9.17, 15) is 10.1 Å². The molecule has 1 aliphatic rings. The van der Waals surface area contributed by atoms with Crippen molar-refractivity contribution in [3.63, 3.8) is 0 Å². The second-order valence-corrected chi connectivity index (χ2v) is 11.2. The monoisotopic (exact) mass is 529 g/mol. The third kappa shape index (κ3) is 5.62. The maximum absolute atomic E-state index is 12.7. The van der Waals surface area contributed by atoms with Gasteiger partial charge in [-0.25, -0.2) is 0 Å². The fraction of sp³-hybridized carbons (Fsp3) is 0.364. The quantitative estimate of drug-likeness (QED) is 0.288. The van der Waals surface area contributed by atoms with E-state index in [1.165, 1.54) is 0 Å². The molecule has 0 radical (unpaired) electrons. The van der Waals surface area contributed by atoms with Crippen LogP contribution in [-0.4, -0.2) is 9.76 Å². The van der Waals surface area contributed by atoms with Gasteiger partial charge in [-0.05, 0) is 54.2 Å². The summed E-state index contributed by atoms with van der Waals surface area (Å²) in [4.78, 5) is 12.7. The molecular formula is C22H19BrCl3NO3. The van der Waals surface area contributed by atoms with Crippen LogP contribution in [0.25, 0.3) is 0 Å². The van der Waals surface area contributed by atoms with Gasteiger partial charge in [0.25, 0.3) is 0 Å². The van der Waals surface area contributed by atoms with E-state index in [4.69, 9.17) is 44.3 Å². The van der Waals surface area contributed by atoms with Crippen LogP contribution in [0, 0.1) is 28.6 Å². The minimum atomic E-state index is -1.44. The maximum atomic E-state index is 12.7. The fourth-order valence-corrected chi connectivity index (χ4v) is 4.34. The molecule has 0 spiro atoms. The number of nitriles is 1. The smallest absolute Gasteiger partial charge is 0.311 e. The number of benzene rings is 2. The SMILES string of the molecule is CC1(C)C(CC(Cl)(Cl)Cl)C1C(=O)OC(C#N)c1cccc(Oc2ccc(Br)cc2)c1. The minimum Gasteiger partial charge on any atom is -0.457 e. The number of esters is 1. The highest BCUT2D eigenvalue weighted by Gasteiger charge is 2.64. The van der Waals surface area contributed by atoms with E-state index < -0.39 is 21.8 Å². The molecule has 1 saturated carbocycles. The molecule has 2 aromatic rings. The van der Waals surface area contributed by atoms with Crippen LogP contribution >= 0.6 is 50.7 Å². The van der Waals surface area contributed by atoms with Gasteiger partial charge in [0.1, 0.15) is 17.6 Å². The van der Waals surface area contributed by atoms with Gasteiger partial charge >= 0.3 is 5.97 Å². The van der Waals surface area contributed by atoms with Crippen LogP contribution in [0.4, 0.5) is 0 Å². The van der Waals surface area contributed by atoms with Gasteiger partial charge in [-0.1, -0.05) is 76.7 Å². The van der Waals surface area contributed by atoms with Crippen LogP contribution in [0.2, 0.25) is 0 Å². The highest BCUT2D eigenvalue weighted by Crippen LogP contribution is 2.63. The van der Waals surface area contributed by atoms with Crippen molar-refractivity contribution in [1.82, 2.24) is 0 Å². The van der Waals surface area contributed by atoms with E-state index in [-0.39, 0.29) is 17.8 Å². The van der Waals surface area contributed by atoms with Crippen LogP contribution in [0.5, 0.6) is 11.5 Å². The summed E-state index contributed by atoms with van der Waals surface area (Å²) in [5, 5.41) is 9.59. The molecule has 158 valence electrons. The van der Waals surface area contributed by atoms with Gasteiger partial charge in [0.05, 0.1) is 5.92 Å². The zero-order valence-electron chi connectivity index (χ0n) is 16.2. The van der Waals surface area contributed by atoms with Crippen LogP contribution in [0.15, 0.2) is 53.0 Å². The molecule has 4 nitrogen and oxygen atoms in total. The Morgan fingerprint density at radius 3 is 2.47 bits per heavy atom. The Hall–Kier alpha value is -1.45. The van der Waals surface area contributed by atoms with Crippen molar-refractivity contribution in [3.05, 3.63) is 58.6 Å². The molecule has 0 saturated heterocycles. The zero-order valence-corrected chi connectivity index (χ0v) is 20.1. The average Bonchev–Trinajstić information content (AvgIpc) is 3.19. The van der Waals surface area contributed by atoms with Gasteiger partial charge < -0.3 is 9.47 Å². The largest absolute Gasteiger partial charge is 0.457 e. The van der Waals surface area contributed by atoms with E-state index in [0.717, 1.165) is 4.47 Å². The Morgan fingerprint density at radius 1 is 1.20 bits per heavy atom. The molecule has 3 rings (SSSR count). The number of carbonyl (C=O) groups is 1. The predicted octanol–water partition coefficient (Wildman–Crippen LogP) is 7.38. The molecule has 3 atom stereocenters. The number of halogens is 4. The van der Waals surface area contributed by atoms with Crippen LogP contribution < -0.4 is 4.74 Å². The summed E-state index contributed by atoms with van der Waals surface area (Å²) < 4.78 is 10.8. The molecule has 0 bridgehead atoms. The normalized spacial score (nSPS) is 20.7. The van der Waals surface area contributed by atoms with Gasteiger partial charge in [0, 0.05) is 10.0 Å². The predicted molar refractivity (Wildman–Crippen MR) is 121 cm³/mol. The summed E-state index contributed by atoms with van der Waals surface area (Å²) in [5.41, 5.74) is 0.171. The highest BCUT2D eigenvalue weighted by molar-refractivity contribution is 9.10. The summed E-state index contributed by atoms with van der Waals surface area (Å²) >= 11 is 21.1. The summed E-state index contributed by atoms with van der Waals surface area (Å²) in [6.07, 6.45) is -0.811.